The zero-order chi connectivity index (χ0) is 14.2. The molecular weight excluding hydrogens is 269 g/mol. The minimum atomic E-state index is -4.60. The lowest BCUT2D eigenvalue weighted by atomic mass is 10.2. The van der Waals surface area contributed by atoms with Crippen LogP contribution in [-0.2, 0) is 4.79 Å². The van der Waals surface area contributed by atoms with Crippen molar-refractivity contribution in [3.8, 4) is 5.75 Å². The molecule has 1 amide bonds. The van der Waals surface area contributed by atoms with E-state index in [0.29, 0.717) is 4.90 Å². The van der Waals surface area contributed by atoms with Gasteiger partial charge in [0.1, 0.15) is 12.3 Å². The van der Waals surface area contributed by atoms with Crippen molar-refractivity contribution in [3.05, 3.63) is 28.3 Å². The number of carbonyl (C=O) groups is 1. The van der Waals surface area contributed by atoms with Crippen LogP contribution in [0.5, 0.6) is 5.75 Å². The Morgan fingerprint density at radius 2 is 2.11 bits per heavy atom. The van der Waals surface area contributed by atoms with E-state index in [1.807, 2.05) is 0 Å². The zero-order valence-corrected chi connectivity index (χ0v) is 9.31. The summed E-state index contributed by atoms with van der Waals surface area (Å²) in [6, 6.07) is 3.15. The largest absolute Gasteiger partial charge is 0.482 e. The van der Waals surface area contributed by atoms with Crippen molar-refractivity contribution in [3.63, 3.8) is 0 Å². The van der Waals surface area contributed by atoms with Gasteiger partial charge in [0.25, 0.3) is 11.6 Å². The number of amides is 1. The van der Waals surface area contributed by atoms with Gasteiger partial charge in [0.2, 0.25) is 0 Å². The molecule has 0 fully saturated rings. The molecule has 1 aromatic carbocycles. The number of alkyl halides is 3. The number of halogens is 3. The second kappa shape index (κ2) is 4.41. The average molecular weight is 276 g/mol. The molecule has 0 bridgehead atoms. The molecule has 0 atom stereocenters. The summed E-state index contributed by atoms with van der Waals surface area (Å²) in [6.45, 7) is -2.04. The van der Waals surface area contributed by atoms with E-state index in [4.69, 9.17) is 4.74 Å². The quantitative estimate of drug-likeness (QED) is 0.610. The third-order valence-electron chi connectivity index (χ3n) is 2.43. The number of fused-ring (bicyclic) bond motifs is 1. The Kier molecular flexibility index (Phi) is 3.05. The average Bonchev–Trinajstić information content (AvgIpc) is 2.31. The molecule has 1 aliphatic heterocycles. The minimum absolute atomic E-state index is 0.00875. The Labute approximate surface area is 104 Å². The highest BCUT2D eigenvalue weighted by molar-refractivity contribution is 5.98. The van der Waals surface area contributed by atoms with Crippen LogP contribution in [0.15, 0.2) is 18.2 Å². The topological polar surface area (TPSA) is 72.7 Å². The molecule has 1 aromatic rings. The number of benzene rings is 1. The number of nitrogens with zero attached hydrogens (tertiary/aromatic N) is 2. The minimum Gasteiger partial charge on any atom is -0.482 e. The fourth-order valence-electron chi connectivity index (χ4n) is 1.66. The fourth-order valence-corrected chi connectivity index (χ4v) is 1.66. The molecule has 1 heterocycles. The van der Waals surface area contributed by atoms with Gasteiger partial charge in [-0.05, 0) is 6.07 Å². The Morgan fingerprint density at radius 3 is 2.68 bits per heavy atom. The number of hydrogen-bond donors (Lipinski definition) is 0. The van der Waals surface area contributed by atoms with Gasteiger partial charge in [0, 0.05) is 12.1 Å². The molecule has 0 aliphatic carbocycles. The van der Waals surface area contributed by atoms with Gasteiger partial charge in [-0.25, -0.2) is 0 Å². The first-order chi connectivity index (χ1) is 8.78. The predicted octanol–water partition coefficient (Wildman–Crippen LogP) is 1.88. The van der Waals surface area contributed by atoms with Crippen LogP contribution in [0.4, 0.5) is 24.5 Å². The van der Waals surface area contributed by atoms with E-state index in [-0.39, 0.29) is 11.4 Å². The molecule has 2 rings (SSSR count). The first kappa shape index (κ1) is 13.1. The number of non-ortho nitro benzene ring substituents is 1. The molecule has 0 spiro atoms. The van der Waals surface area contributed by atoms with Crippen LogP contribution in [0, 0.1) is 10.1 Å². The number of ether oxygens (including phenoxy) is 1. The van der Waals surface area contributed by atoms with Gasteiger partial charge in [-0.2, -0.15) is 13.2 Å². The van der Waals surface area contributed by atoms with Crippen molar-refractivity contribution in [1.82, 2.24) is 0 Å². The Morgan fingerprint density at radius 1 is 1.42 bits per heavy atom. The van der Waals surface area contributed by atoms with Gasteiger partial charge < -0.3 is 4.74 Å². The fraction of sp³-hybridized carbons (Fsp3) is 0.300. The SMILES string of the molecule is O=C1COc2ccc([N+](=O)[O-])cc2N1CC(F)(F)F. The summed E-state index contributed by atoms with van der Waals surface area (Å²) in [5.74, 6) is -0.889. The highest BCUT2D eigenvalue weighted by Crippen LogP contribution is 2.36. The molecule has 0 N–H and O–H groups in total. The molecular formula is C10H7F3N2O4. The van der Waals surface area contributed by atoms with Crippen LogP contribution in [0.25, 0.3) is 0 Å². The maximum absolute atomic E-state index is 12.4. The normalized spacial score (nSPS) is 14.9. The molecule has 0 saturated heterocycles. The van der Waals surface area contributed by atoms with Crippen molar-refractivity contribution < 1.29 is 27.6 Å². The summed E-state index contributed by atoms with van der Waals surface area (Å²) in [6.07, 6.45) is -4.60. The van der Waals surface area contributed by atoms with Crippen molar-refractivity contribution in [1.29, 1.82) is 0 Å². The van der Waals surface area contributed by atoms with Gasteiger partial charge in [0.05, 0.1) is 10.6 Å². The number of anilines is 1. The standard InChI is InChI=1S/C10H7F3N2O4/c11-10(12,13)5-14-7-3-6(15(17)18)1-2-8(7)19-4-9(14)16/h1-3H,4-5H2. The first-order valence-electron chi connectivity index (χ1n) is 5.06. The van der Waals surface area contributed by atoms with E-state index in [9.17, 15) is 28.1 Å². The van der Waals surface area contributed by atoms with E-state index in [1.54, 1.807) is 0 Å². The molecule has 0 unspecified atom stereocenters. The summed E-state index contributed by atoms with van der Waals surface area (Å²) in [7, 11) is 0. The molecule has 0 radical (unpaired) electrons. The molecule has 19 heavy (non-hydrogen) atoms. The number of nitro benzene ring substituents is 1. The molecule has 102 valence electrons. The van der Waals surface area contributed by atoms with E-state index >= 15 is 0 Å². The van der Waals surface area contributed by atoms with Gasteiger partial charge in [0.15, 0.2) is 6.61 Å². The Balaban J connectivity index is 2.44. The molecule has 1 aliphatic rings. The lowest BCUT2D eigenvalue weighted by molar-refractivity contribution is -0.384. The van der Waals surface area contributed by atoms with Crippen molar-refractivity contribution in [2.75, 3.05) is 18.1 Å². The first-order valence-corrected chi connectivity index (χ1v) is 5.06. The maximum Gasteiger partial charge on any atom is 0.406 e. The second-order valence-corrected chi connectivity index (χ2v) is 3.79. The van der Waals surface area contributed by atoms with E-state index in [2.05, 4.69) is 0 Å². The summed E-state index contributed by atoms with van der Waals surface area (Å²) in [4.78, 5) is 21.7. The van der Waals surface area contributed by atoms with Gasteiger partial charge in [-0.15, -0.1) is 0 Å². The van der Waals surface area contributed by atoms with Crippen LogP contribution >= 0.6 is 0 Å². The molecule has 0 saturated carbocycles. The molecule has 0 aromatic heterocycles. The third kappa shape index (κ3) is 2.75. The third-order valence-corrected chi connectivity index (χ3v) is 2.43. The van der Waals surface area contributed by atoms with Crippen LogP contribution < -0.4 is 9.64 Å². The van der Waals surface area contributed by atoms with Crippen LogP contribution in [-0.4, -0.2) is 30.2 Å². The van der Waals surface area contributed by atoms with Crippen molar-refractivity contribution in [2.45, 2.75) is 6.18 Å². The summed E-state index contributed by atoms with van der Waals surface area (Å²) in [5, 5.41) is 10.6. The highest BCUT2D eigenvalue weighted by atomic mass is 19.4. The smallest absolute Gasteiger partial charge is 0.406 e. The van der Waals surface area contributed by atoms with Crippen molar-refractivity contribution in [2.24, 2.45) is 0 Å². The summed E-state index contributed by atoms with van der Waals surface area (Å²) < 4.78 is 42.1. The lowest BCUT2D eigenvalue weighted by Crippen LogP contribution is -2.44. The predicted molar refractivity (Wildman–Crippen MR) is 57.0 cm³/mol. The van der Waals surface area contributed by atoms with Gasteiger partial charge >= 0.3 is 6.18 Å². The van der Waals surface area contributed by atoms with Crippen LogP contribution in [0.2, 0.25) is 0 Å². The molecule has 6 nitrogen and oxygen atoms in total. The number of rotatable bonds is 2. The van der Waals surface area contributed by atoms with Crippen molar-refractivity contribution >= 4 is 17.3 Å². The van der Waals surface area contributed by atoms with Crippen LogP contribution in [0.1, 0.15) is 0 Å². The second-order valence-electron chi connectivity index (χ2n) is 3.79. The monoisotopic (exact) mass is 276 g/mol. The highest BCUT2D eigenvalue weighted by Gasteiger charge is 2.37. The number of nitro groups is 1. The molecule has 9 heteroatoms. The number of hydrogen-bond acceptors (Lipinski definition) is 4. The zero-order valence-electron chi connectivity index (χ0n) is 9.31. The van der Waals surface area contributed by atoms with E-state index in [0.717, 1.165) is 12.1 Å². The Hall–Kier alpha value is -2.32. The van der Waals surface area contributed by atoms with E-state index < -0.39 is 35.8 Å². The van der Waals surface area contributed by atoms with Gasteiger partial charge in [-0.3, -0.25) is 19.8 Å². The Bertz CT molecular complexity index is 544. The van der Waals surface area contributed by atoms with E-state index in [1.165, 1.54) is 6.07 Å². The summed E-state index contributed by atoms with van der Waals surface area (Å²) >= 11 is 0. The maximum atomic E-state index is 12.4. The summed E-state index contributed by atoms with van der Waals surface area (Å²) in [5.41, 5.74) is -0.660. The number of carbonyl (C=O) groups excluding carboxylic acids is 1. The van der Waals surface area contributed by atoms with Crippen LogP contribution in [0.3, 0.4) is 0 Å². The van der Waals surface area contributed by atoms with Gasteiger partial charge in [-0.1, -0.05) is 0 Å². The lowest BCUT2D eigenvalue weighted by Gasteiger charge is -2.29.